The zero-order valence-corrected chi connectivity index (χ0v) is 54.6. The van der Waals surface area contributed by atoms with Crippen LogP contribution in [0.1, 0.15) is 425 Å². The van der Waals surface area contributed by atoms with E-state index in [4.69, 9.17) is 4.74 Å². The number of aliphatic hydroxyl groups excluding tert-OH is 2. The van der Waals surface area contributed by atoms with Gasteiger partial charge in [0.05, 0.1) is 25.4 Å². The Morgan fingerprint density at radius 1 is 0.338 bits per heavy atom. The molecule has 0 saturated carbocycles. The van der Waals surface area contributed by atoms with Crippen LogP contribution in [-0.4, -0.2) is 47.4 Å². The Hall–Kier alpha value is -1.40. The van der Waals surface area contributed by atoms with Crippen LogP contribution in [0.25, 0.3) is 0 Å². The molecule has 0 fully saturated rings. The van der Waals surface area contributed by atoms with Gasteiger partial charge >= 0.3 is 5.97 Å². The number of allylic oxidation sites excluding steroid dienone is 1. The molecule has 2 unspecified atom stereocenters. The first kappa shape index (κ1) is 78.6. The van der Waals surface area contributed by atoms with Crippen molar-refractivity contribution in [2.45, 2.75) is 437 Å². The van der Waals surface area contributed by atoms with Crippen LogP contribution in [0.3, 0.4) is 0 Å². The Balaban J connectivity index is 3.37. The summed E-state index contributed by atoms with van der Waals surface area (Å²) >= 11 is 0. The predicted molar refractivity (Wildman–Crippen MR) is 352 cm³/mol. The summed E-state index contributed by atoms with van der Waals surface area (Å²) in [6.45, 7) is 4.96. The summed E-state index contributed by atoms with van der Waals surface area (Å²) in [5.74, 6) is -0.0401. The molecule has 6 heteroatoms. The molecule has 2 atom stereocenters. The zero-order chi connectivity index (χ0) is 57.8. The molecule has 0 aromatic heterocycles. The second-order valence-electron chi connectivity index (χ2n) is 25.6. The highest BCUT2D eigenvalue weighted by molar-refractivity contribution is 5.76. The standard InChI is InChI=1S/C74H145NO5/c1-3-5-7-9-11-13-15-17-19-20-21-22-27-30-33-36-39-42-46-50-54-58-62-66-72(77)71(70-76)75-73(78)67-63-59-55-51-47-43-40-37-34-31-28-25-23-24-26-29-32-35-38-41-45-49-53-57-61-65-69-80-74(79)68-64-60-56-52-48-44-18-16-14-12-10-8-6-4-2/h62,66,71-72,76-77H,3-61,63-65,67-70H2,1-2H3,(H,75,78)/b66-62+. The first-order valence-corrected chi connectivity index (χ1v) is 37.0. The van der Waals surface area contributed by atoms with Crippen LogP contribution in [0.4, 0.5) is 0 Å². The number of carbonyl (C=O) groups is 2. The van der Waals surface area contributed by atoms with Gasteiger partial charge in [0.15, 0.2) is 0 Å². The maximum absolute atomic E-state index is 12.5. The largest absolute Gasteiger partial charge is 0.466 e. The molecular weight excluding hydrogens is 983 g/mol. The maximum Gasteiger partial charge on any atom is 0.305 e. The van der Waals surface area contributed by atoms with Crippen molar-refractivity contribution in [2.75, 3.05) is 13.2 Å². The number of rotatable bonds is 70. The minimum absolute atomic E-state index is 0.0203. The van der Waals surface area contributed by atoms with Crippen molar-refractivity contribution in [3.63, 3.8) is 0 Å². The molecular formula is C74H145NO5. The number of nitrogens with one attached hydrogen (secondary N) is 1. The van der Waals surface area contributed by atoms with Crippen LogP contribution < -0.4 is 5.32 Å². The summed E-state index contributed by atoms with van der Waals surface area (Å²) < 4.78 is 5.50. The van der Waals surface area contributed by atoms with E-state index in [1.54, 1.807) is 6.08 Å². The molecule has 0 aliphatic heterocycles. The van der Waals surface area contributed by atoms with Crippen LogP contribution >= 0.6 is 0 Å². The molecule has 0 saturated heterocycles. The van der Waals surface area contributed by atoms with Gasteiger partial charge in [-0.15, -0.1) is 0 Å². The summed E-state index contributed by atoms with van der Waals surface area (Å²) in [5, 5.41) is 23.3. The highest BCUT2D eigenvalue weighted by atomic mass is 16.5. The Kier molecular flexibility index (Phi) is 68.9. The second kappa shape index (κ2) is 70.1. The molecule has 0 bridgehead atoms. The highest BCUT2D eigenvalue weighted by Gasteiger charge is 2.18. The van der Waals surface area contributed by atoms with Crippen LogP contribution in [0.2, 0.25) is 0 Å². The van der Waals surface area contributed by atoms with E-state index in [9.17, 15) is 19.8 Å². The molecule has 0 heterocycles. The van der Waals surface area contributed by atoms with Gasteiger partial charge in [-0.25, -0.2) is 0 Å². The SMILES string of the molecule is CCCCCCCCCCCCCCCCCCCCCCC/C=C/C(O)C(CO)NC(=O)CCCCCCCCCCCCCCCCCCCCCCCCCCCCOC(=O)CCCCCCCCCCCCCCCC. The summed E-state index contributed by atoms with van der Waals surface area (Å²) in [6, 6.07) is -0.627. The number of unbranched alkanes of at least 4 members (excludes halogenated alkanes) is 59. The van der Waals surface area contributed by atoms with Gasteiger partial charge in [0.25, 0.3) is 0 Å². The number of carbonyl (C=O) groups excluding carboxylic acids is 2. The van der Waals surface area contributed by atoms with Crippen molar-refractivity contribution in [1.29, 1.82) is 0 Å². The second-order valence-corrected chi connectivity index (χ2v) is 25.6. The smallest absolute Gasteiger partial charge is 0.305 e. The lowest BCUT2D eigenvalue weighted by Crippen LogP contribution is -2.45. The van der Waals surface area contributed by atoms with E-state index in [-0.39, 0.29) is 18.5 Å². The number of aliphatic hydroxyl groups is 2. The van der Waals surface area contributed by atoms with E-state index in [0.29, 0.717) is 19.4 Å². The van der Waals surface area contributed by atoms with Gasteiger partial charge in [0.2, 0.25) is 5.91 Å². The van der Waals surface area contributed by atoms with Crippen molar-refractivity contribution < 1.29 is 24.5 Å². The van der Waals surface area contributed by atoms with Gasteiger partial charge in [-0.05, 0) is 32.1 Å². The van der Waals surface area contributed by atoms with E-state index >= 15 is 0 Å². The molecule has 0 aliphatic carbocycles. The third kappa shape index (κ3) is 65.7. The number of ether oxygens (including phenoxy) is 1. The van der Waals surface area contributed by atoms with Gasteiger partial charge in [-0.2, -0.15) is 0 Å². The van der Waals surface area contributed by atoms with Gasteiger partial charge < -0.3 is 20.3 Å². The molecule has 80 heavy (non-hydrogen) atoms. The molecule has 3 N–H and O–H groups in total. The Bertz CT molecular complexity index is 1210. The zero-order valence-electron chi connectivity index (χ0n) is 54.6. The molecule has 0 aromatic rings. The summed E-state index contributed by atoms with van der Waals surface area (Å²) in [6.07, 6.45) is 87.3. The Morgan fingerprint density at radius 3 is 0.850 bits per heavy atom. The Morgan fingerprint density at radius 2 is 0.575 bits per heavy atom. The lowest BCUT2D eigenvalue weighted by Gasteiger charge is -2.20. The van der Waals surface area contributed by atoms with Crippen molar-refractivity contribution in [1.82, 2.24) is 5.32 Å². The van der Waals surface area contributed by atoms with Crippen molar-refractivity contribution in [2.24, 2.45) is 0 Å². The van der Waals surface area contributed by atoms with Gasteiger partial charge in [0, 0.05) is 12.8 Å². The molecule has 0 spiro atoms. The van der Waals surface area contributed by atoms with Gasteiger partial charge in [-0.3, -0.25) is 9.59 Å². The van der Waals surface area contributed by atoms with Crippen molar-refractivity contribution in [3.05, 3.63) is 12.2 Å². The topological polar surface area (TPSA) is 95.9 Å². The summed E-state index contributed by atoms with van der Waals surface area (Å²) in [4.78, 5) is 24.6. The van der Waals surface area contributed by atoms with Gasteiger partial charge in [-0.1, -0.05) is 392 Å². The van der Waals surface area contributed by atoms with E-state index in [1.165, 1.54) is 360 Å². The molecule has 0 aromatic carbocycles. The number of amides is 1. The monoisotopic (exact) mass is 1130 g/mol. The first-order valence-electron chi connectivity index (χ1n) is 37.0. The minimum Gasteiger partial charge on any atom is -0.466 e. The third-order valence-electron chi connectivity index (χ3n) is 17.6. The average Bonchev–Trinajstić information content (AvgIpc) is 3.46. The van der Waals surface area contributed by atoms with E-state index in [2.05, 4.69) is 19.2 Å². The molecule has 0 aliphatic rings. The van der Waals surface area contributed by atoms with Crippen LogP contribution in [0.15, 0.2) is 12.2 Å². The molecule has 476 valence electrons. The quantitative estimate of drug-likeness (QED) is 0.0320. The lowest BCUT2D eigenvalue weighted by atomic mass is 10.0. The average molecular weight is 1130 g/mol. The first-order chi connectivity index (χ1) is 39.5. The number of hydrogen-bond acceptors (Lipinski definition) is 5. The van der Waals surface area contributed by atoms with E-state index in [1.807, 2.05) is 6.08 Å². The predicted octanol–water partition coefficient (Wildman–Crippen LogP) is 23.9. The molecule has 1 amide bonds. The van der Waals surface area contributed by atoms with Crippen molar-refractivity contribution in [3.8, 4) is 0 Å². The third-order valence-corrected chi connectivity index (χ3v) is 17.6. The molecule has 0 rings (SSSR count). The number of hydrogen-bond donors (Lipinski definition) is 3. The fourth-order valence-corrected chi connectivity index (χ4v) is 11.9. The van der Waals surface area contributed by atoms with Crippen molar-refractivity contribution >= 4 is 11.9 Å². The summed E-state index contributed by atoms with van der Waals surface area (Å²) in [7, 11) is 0. The van der Waals surface area contributed by atoms with Crippen LogP contribution in [-0.2, 0) is 14.3 Å². The minimum atomic E-state index is -0.844. The highest BCUT2D eigenvalue weighted by Crippen LogP contribution is 2.20. The Labute approximate surface area is 501 Å². The fraction of sp³-hybridized carbons (Fsp3) is 0.946. The van der Waals surface area contributed by atoms with Crippen LogP contribution in [0, 0.1) is 0 Å². The lowest BCUT2D eigenvalue weighted by molar-refractivity contribution is -0.143. The van der Waals surface area contributed by atoms with E-state index < -0.39 is 12.1 Å². The maximum atomic E-state index is 12.5. The fourth-order valence-electron chi connectivity index (χ4n) is 11.9. The molecule has 0 radical (unpaired) electrons. The van der Waals surface area contributed by atoms with E-state index in [0.717, 1.165) is 38.5 Å². The number of esters is 1. The van der Waals surface area contributed by atoms with Crippen LogP contribution in [0.5, 0.6) is 0 Å². The molecule has 6 nitrogen and oxygen atoms in total. The van der Waals surface area contributed by atoms with Gasteiger partial charge in [0.1, 0.15) is 0 Å². The normalized spacial score (nSPS) is 12.5. The summed E-state index contributed by atoms with van der Waals surface area (Å²) in [5.41, 5.74) is 0.